The van der Waals surface area contributed by atoms with Crippen LogP contribution >= 0.6 is 23.2 Å². The molecule has 6 nitrogen and oxygen atoms in total. The largest absolute Gasteiger partial charge is 0.480 e. The first-order chi connectivity index (χ1) is 15.2. The van der Waals surface area contributed by atoms with Gasteiger partial charge in [-0.2, -0.15) is 0 Å². The van der Waals surface area contributed by atoms with Crippen molar-refractivity contribution in [1.82, 2.24) is 4.98 Å². The Kier molecular flexibility index (Phi) is 6.06. The number of sulfonamides is 1. The van der Waals surface area contributed by atoms with Crippen LogP contribution in [0.3, 0.4) is 0 Å². The molecule has 0 aliphatic carbocycles. The van der Waals surface area contributed by atoms with Crippen molar-refractivity contribution in [3.63, 3.8) is 0 Å². The molecule has 0 fully saturated rings. The summed E-state index contributed by atoms with van der Waals surface area (Å²) in [4.78, 5) is 15.6. The fourth-order valence-corrected chi connectivity index (χ4v) is 5.46. The highest BCUT2D eigenvalue weighted by atomic mass is 35.5. The van der Waals surface area contributed by atoms with Crippen molar-refractivity contribution >= 4 is 55.7 Å². The maximum Gasteiger partial charge on any atom is 0.324 e. The lowest BCUT2D eigenvalue weighted by molar-refractivity contribution is -0.135. The van der Waals surface area contributed by atoms with Crippen LogP contribution in [0.5, 0.6) is 0 Å². The maximum atomic E-state index is 13.3. The molecule has 0 atom stereocenters. The number of rotatable bonds is 6. The number of carbonyl (C=O) groups is 1. The lowest BCUT2D eigenvalue weighted by atomic mass is 10.0. The summed E-state index contributed by atoms with van der Waals surface area (Å²) in [5.41, 5.74) is 1.93. The Morgan fingerprint density at radius 2 is 1.59 bits per heavy atom. The number of benzene rings is 3. The van der Waals surface area contributed by atoms with Crippen molar-refractivity contribution in [3.05, 3.63) is 89.0 Å². The van der Waals surface area contributed by atoms with Gasteiger partial charge in [-0.15, -0.1) is 0 Å². The van der Waals surface area contributed by atoms with Crippen LogP contribution in [0.25, 0.3) is 22.0 Å². The van der Waals surface area contributed by atoms with E-state index in [0.29, 0.717) is 0 Å². The van der Waals surface area contributed by atoms with E-state index in [1.807, 2.05) is 36.4 Å². The van der Waals surface area contributed by atoms with Crippen LogP contribution in [-0.2, 0) is 14.8 Å². The summed E-state index contributed by atoms with van der Waals surface area (Å²) in [6.07, 6.45) is 1.71. The third-order valence-corrected chi connectivity index (χ3v) is 6.96. The Morgan fingerprint density at radius 3 is 2.25 bits per heavy atom. The lowest BCUT2D eigenvalue weighted by Crippen LogP contribution is -2.35. The monoisotopic (exact) mass is 486 g/mol. The van der Waals surface area contributed by atoms with Crippen molar-refractivity contribution in [2.45, 2.75) is 4.90 Å². The minimum atomic E-state index is -4.24. The van der Waals surface area contributed by atoms with E-state index in [0.717, 1.165) is 26.3 Å². The van der Waals surface area contributed by atoms with E-state index in [-0.39, 0.29) is 20.6 Å². The third kappa shape index (κ3) is 4.55. The molecule has 4 rings (SSSR count). The molecule has 0 aliphatic heterocycles. The summed E-state index contributed by atoms with van der Waals surface area (Å²) < 4.78 is 27.4. The highest BCUT2D eigenvalue weighted by Gasteiger charge is 2.28. The molecule has 1 aromatic heterocycles. The van der Waals surface area contributed by atoms with Gasteiger partial charge in [0.1, 0.15) is 6.54 Å². The standard InChI is InChI=1S/C23H16Cl2N2O4S/c24-18-11-19(25)13-21(12-18)32(30,31)27(14-23(28)29)20-7-6-15-9-17(5-4-16(15)10-20)22-3-1-2-8-26-22/h1-13H,14H2,(H,28,29). The van der Waals surface area contributed by atoms with Gasteiger partial charge >= 0.3 is 5.97 Å². The van der Waals surface area contributed by atoms with Gasteiger partial charge in [0.15, 0.2) is 0 Å². The summed E-state index contributed by atoms with van der Waals surface area (Å²) in [5.74, 6) is -1.30. The molecule has 0 unspecified atom stereocenters. The second-order valence-electron chi connectivity index (χ2n) is 6.97. The van der Waals surface area contributed by atoms with Crippen LogP contribution in [0.2, 0.25) is 10.0 Å². The maximum absolute atomic E-state index is 13.3. The zero-order valence-corrected chi connectivity index (χ0v) is 18.8. The topological polar surface area (TPSA) is 87.6 Å². The van der Waals surface area contributed by atoms with Gasteiger partial charge in [0.25, 0.3) is 10.0 Å². The zero-order valence-electron chi connectivity index (χ0n) is 16.4. The Bertz CT molecular complexity index is 1410. The van der Waals surface area contributed by atoms with Gasteiger partial charge in [0, 0.05) is 21.8 Å². The van der Waals surface area contributed by atoms with Gasteiger partial charge in [-0.05, 0) is 59.3 Å². The second-order valence-corrected chi connectivity index (χ2v) is 9.71. The lowest BCUT2D eigenvalue weighted by Gasteiger charge is -2.23. The Hall–Kier alpha value is -3.13. The number of fused-ring (bicyclic) bond motifs is 1. The Morgan fingerprint density at radius 1 is 0.906 bits per heavy atom. The number of carboxylic acid groups (broad SMARTS) is 1. The average molecular weight is 487 g/mol. The average Bonchev–Trinajstić information content (AvgIpc) is 2.76. The van der Waals surface area contributed by atoms with E-state index in [9.17, 15) is 18.3 Å². The molecule has 1 N–H and O–H groups in total. The van der Waals surface area contributed by atoms with Gasteiger partial charge in [0.2, 0.25) is 0 Å². The van der Waals surface area contributed by atoms with Gasteiger partial charge in [0.05, 0.1) is 16.3 Å². The van der Waals surface area contributed by atoms with Crippen LogP contribution in [0.1, 0.15) is 0 Å². The van der Waals surface area contributed by atoms with E-state index < -0.39 is 22.5 Å². The normalized spacial score (nSPS) is 11.4. The zero-order chi connectivity index (χ0) is 22.9. The van der Waals surface area contributed by atoms with E-state index in [1.54, 1.807) is 24.4 Å². The van der Waals surface area contributed by atoms with Crippen LogP contribution < -0.4 is 4.31 Å². The summed E-state index contributed by atoms with van der Waals surface area (Å²) in [6.45, 7) is -0.760. The highest BCUT2D eigenvalue weighted by Crippen LogP contribution is 2.31. The first kappa shape index (κ1) is 22.1. The number of aliphatic carboxylic acids is 1. The van der Waals surface area contributed by atoms with Crippen molar-refractivity contribution in [3.8, 4) is 11.3 Å². The molecule has 0 radical (unpaired) electrons. The number of pyridine rings is 1. The molecule has 4 aromatic rings. The van der Waals surface area contributed by atoms with Gasteiger partial charge in [-0.1, -0.05) is 47.5 Å². The van der Waals surface area contributed by atoms with Crippen molar-refractivity contribution in [2.24, 2.45) is 0 Å². The Balaban J connectivity index is 1.79. The predicted octanol–water partition coefficient (Wildman–Crippen LogP) is 5.49. The minimum absolute atomic E-state index is 0.131. The SMILES string of the molecule is O=C(O)CN(c1ccc2cc(-c3ccccn3)ccc2c1)S(=O)(=O)c1cc(Cl)cc(Cl)c1. The van der Waals surface area contributed by atoms with Crippen molar-refractivity contribution < 1.29 is 18.3 Å². The summed E-state index contributed by atoms with van der Waals surface area (Å²) >= 11 is 11.9. The number of hydrogen-bond donors (Lipinski definition) is 1. The molecule has 3 aromatic carbocycles. The van der Waals surface area contributed by atoms with E-state index in [2.05, 4.69) is 4.98 Å². The predicted molar refractivity (Wildman–Crippen MR) is 126 cm³/mol. The van der Waals surface area contributed by atoms with E-state index in [1.165, 1.54) is 18.2 Å². The van der Waals surface area contributed by atoms with Crippen molar-refractivity contribution in [1.29, 1.82) is 0 Å². The van der Waals surface area contributed by atoms with E-state index in [4.69, 9.17) is 23.2 Å². The number of aromatic nitrogens is 1. The molecule has 0 spiro atoms. The third-order valence-electron chi connectivity index (χ3n) is 4.78. The smallest absolute Gasteiger partial charge is 0.324 e. The fraction of sp³-hybridized carbons (Fsp3) is 0.0435. The fourth-order valence-electron chi connectivity index (χ4n) is 3.32. The number of anilines is 1. The number of nitrogens with zero attached hydrogens (tertiary/aromatic N) is 2. The van der Waals surface area contributed by atoms with Gasteiger partial charge in [-0.3, -0.25) is 14.1 Å². The molecule has 0 aliphatic rings. The molecule has 0 saturated heterocycles. The molecule has 162 valence electrons. The summed E-state index contributed by atoms with van der Waals surface area (Å²) in [6, 6.07) is 20.1. The van der Waals surface area contributed by atoms with Crippen LogP contribution in [0.15, 0.2) is 83.9 Å². The van der Waals surface area contributed by atoms with Crippen LogP contribution in [0.4, 0.5) is 5.69 Å². The van der Waals surface area contributed by atoms with Crippen LogP contribution in [0, 0.1) is 0 Å². The van der Waals surface area contributed by atoms with Gasteiger partial charge < -0.3 is 5.11 Å². The molecule has 0 amide bonds. The number of hydrogen-bond acceptors (Lipinski definition) is 4. The number of halogens is 2. The molecule has 9 heteroatoms. The summed E-state index contributed by atoms with van der Waals surface area (Å²) in [5, 5.41) is 11.2. The molecular formula is C23H16Cl2N2O4S. The quantitative estimate of drug-likeness (QED) is 0.389. The first-order valence-corrected chi connectivity index (χ1v) is 11.6. The minimum Gasteiger partial charge on any atom is -0.480 e. The van der Waals surface area contributed by atoms with Crippen LogP contribution in [-0.4, -0.2) is 31.0 Å². The molecule has 0 bridgehead atoms. The summed E-state index contributed by atoms with van der Waals surface area (Å²) in [7, 11) is -4.24. The highest BCUT2D eigenvalue weighted by molar-refractivity contribution is 7.92. The second kappa shape index (κ2) is 8.78. The molecule has 32 heavy (non-hydrogen) atoms. The van der Waals surface area contributed by atoms with Crippen molar-refractivity contribution in [2.75, 3.05) is 10.8 Å². The Labute approximate surface area is 194 Å². The van der Waals surface area contributed by atoms with E-state index >= 15 is 0 Å². The molecule has 1 heterocycles. The number of carboxylic acids is 1. The molecular weight excluding hydrogens is 471 g/mol. The first-order valence-electron chi connectivity index (χ1n) is 9.40. The molecule has 0 saturated carbocycles. The van der Waals surface area contributed by atoms with Gasteiger partial charge in [-0.25, -0.2) is 8.42 Å².